The van der Waals surface area contributed by atoms with E-state index in [1.54, 1.807) is 0 Å². The van der Waals surface area contributed by atoms with Crippen molar-refractivity contribution < 1.29 is 148 Å². The Kier molecular flexibility index (Phi) is 20.8. The number of halogens is 26. The van der Waals surface area contributed by atoms with Gasteiger partial charge in [0.2, 0.25) is 11.8 Å². The zero-order valence-corrected chi connectivity index (χ0v) is 44.6. The van der Waals surface area contributed by atoms with Gasteiger partial charge in [0.25, 0.3) is 0 Å². The molecule has 0 radical (unpaired) electrons. The Labute approximate surface area is 451 Å². The maximum Gasteiger partial charge on any atom is 0.460 e. The van der Waals surface area contributed by atoms with Crippen LogP contribution in [0, 0.1) is 13.8 Å². The van der Waals surface area contributed by atoms with Crippen LogP contribution in [0.15, 0.2) is 22.0 Å². The molecule has 83 heavy (non-hydrogen) atoms. The third-order valence-electron chi connectivity index (χ3n) is 13.3. The molecule has 0 aliphatic carbocycles. The molecule has 0 spiro atoms. The maximum atomic E-state index is 14.1. The zero-order chi connectivity index (χ0) is 65.1. The second-order valence-corrected chi connectivity index (χ2v) is 25.1. The Bertz CT molecular complexity index is 2680. The van der Waals surface area contributed by atoms with Gasteiger partial charge in [0.05, 0.1) is 51.0 Å². The fourth-order valence-electron chi connectivity index (χ4n) is 7.24. The van der Waals surface area contributed by atoms with Crippen LogP contribution in [0.1, 0.15) is 83.4 Å². The first-order valence-electron chi connectivity index (χ1n) is 23.5. The van der Waals surface area contributed by atoms with Crippen molar-refractivity contribution in [2.24, 2.45) is 0 Å². The largest absolute Gasteiger partial charge is 0.477 e. The molecule has 2 aromatic rings. The molecule has 0 bridgehead atoms. The Morgan fingerprint density at radius 3 is 1.18 bits per heavy atom. The smallest absolute Gasteiger partial charge is 0.460 e. The van der Waals surface area contributed by atoms with E-state index in [1.165, 1.54) is 6.92 Å². The van der Waals surface area contributed by atoms with Gasteiger partial charge in [0, 0.05) is 36.4 Å². The number of rotatable bonds is 22. The van der Waals surface area contributed by atoms with Gasteiger partial charge in [-0.1, -0.05) is 27.7 Å². The number of aromatic nitrogens is 4. The minimum atomic E-state index is -8.00. The molecular weight excluding hydrogens is 1240 g/mol. The van der Waals surface area contributed by atoms with Crippen molar-refractivity contribution in [2.75, 3.05) is 19.8 Å². The predicted octanol–water partition coefficient (Wildman–Crippen LogP) is 11.8. The van der Waals surface area contributed by atoms with Crippen molar-refractivity contribution in [2.45, 2.75) is 200 Å². The maximum absolute atomic E-state index is 14.1. The molecular formula is C43H50F26N4O9Si. The summed E-state index contributed by atoms with van der Waals surface area (Å²) in [5, 5.41) is 18.6. The van der Waals surface area contributed by atoms with Gasteiger partial charge >= 0.3 is 83.0 Å². The number of nitrogens with zero attached hydrogens (tertiary/aromatic N) is 4. The number of ether oxygens (including phenoxy) is 4. The van der Waals surface area contributed by atoms with E-state index in [0.717, 1.165) is 28.5 Å². The third-order valence-corrected chi connectivity index (χ3v) is 17.8. The monoisotopic (exact) mass is 1290 g/mol. The lowest BCUT2D eigenvalue weighted by Crippen LogP contribution is -2.70. The molecule has 0 saturated carbocycles. The van der Waals surface area contributed by atoms with Gasteiger partial charge in [0.15, 0.2) is 8.32 Å². The second-order valence-electron chi connectivity index (χ2n) is 20.3. The fourth-order valence-corrected chi connectivity index (χ4v) is 8.60. The molecule has 2 fully saturated rings. The van der Waals surface area contributed by atoms with Gasteiger partial charge in [-0.3, -0.25) is 9.13 Å². The minimum Gasteiger partial charge on any atom is -0.477 e. The van der Waals surface area contributed by atoms with Crippen molar-refractivity contribution in [3.63, 3.8) is 0 Å². The lowest BCUT2D eigenvalue weighted by Gasteiger charge is -2.39. The molecule has 6 atom stereocenters. The molecule has 2 saturated heterocycles. The number of aliphatic hydroxyl groups excluding tert-OH is 2. The molecule has 482 valence electrons. The van der Waals surface area contributed by atoms with Crippen LogP contribution in [-0.2, 0) is 13.9 Å². The molecule has 4 heterocycles. The first kappa shape index (κ1) is 72.8. The summed E-state index contributed by atoms with van der Waals surface area (Å²) in [6.07, 6.45) is -22.8. The van der Waals surface area contributed by atoms with Gasteiger partial charge in [-0.05, 0) is 38.4 Å². The highest BCUT2D eigenvalue weighted by Gasteiger charge is 2.92. The molecule has 13 nitrogen and oxygen atoms in total. The van der Waals surface area contributed by atoms with Crippen molar-refractivity contribution in [1.29, 1.82) is 0 Å². The molecule has 2 N–H and O–H groups in total. The van der Waals surface area contributed by atoms with Crippen molar-refractivity contribution >= 4 is 8.32 Å². The Morgan fingerprint density at radius 2 is 0.880 bits per heavy atom. The second kappa shape index (κ2) is 23.7. The van der Waals surface area contributed by atoms with Crippen LogP contribution in [0.2, 0.25) is 18.1 Å². The molecule has 0 aromatic carbocycles. The van der Waals surface area contributed by atoms with Crippen LogP contribution in [0.3, 0.4) is 0 Å². The van der Waals surface area contributed by atoms with E-state index in [9.17, 15) is 129 Å². The average molecular weight is 1290 g/mol. The topological polar surface area (TPSA) is 156 Å². The van der Waals surface area contributed by atoms with Gasteiger partial charge in [-0.2, -0.15) is 124 Å². The molecule has 2 aromatic heterocycles. The highest BCUT2D eigenvalue weighted by molar-refractivity contribution is 6.74. The van der Waals surface area contributed by atoms with Crippen LogP contribution in [-0.4, -0.2) is 153 Å². The summed E-state index contributed by atoms with van der Waals surface area (Å²) in [5.41, 5.74) is -2.61. The van der Waals surface area contributed by atoms with Gasteiger partial charge in [0.1, 0.15) is 18.6 Å². The van der Waals surface area contributed by atoms with E-state index < -0.39 is 173 Å². The summed E-state index contributed by atoms with van der Waals surface area (Å²) in [5.74, 6) is -76.5. The van der Waals surface area contributed by atoms with Gasteiger partial charge in [-0.15, -0.1) is 0 Å². The number of hydrogen-bond acceptors (Lipinski definition) is 11. The lowest BCUT2D eigenvalue weighted by atomic mass is 9.93. The molecule has 40 heteroatoms. The summed E-state index contributed by atoms with van der Waals surface area (Å²) < 4.78 is 372. The summed E-state index contributed by atoms with van der Waals surface area (Å²) in [4.78, 5) is 31.6. The van der Waals surface area contributed by atoms with E-state index in [-0.39, 0.29) is 29.0 Å². The first-order valence-corrected chi connectivity index (χ1v) is 26.4. The zero-order valence-electron chi connectivity index (χ0n) is 43.6. The minimum absolute atomic E-state index is 0.0863. The number of alkyl halides is 26. The van der Waals surface area contributed by atoms with E-state index in [0.29, 0.717) is 6.42 Å². The van der Waals surface area contributed by atoms with E-state index >= 15 is 0 Å². The highest BCUT2D eigenvalue weighted by atomic mass is 28.4. The van der Waals surface area contributed by atoms with E-state index in [1.807, 2.05) is 40.8 Å². The SMILES string of the molecule is CCC1OC(n2cc(C)c(OCCC(F)(F)C(F)(F)C(F)(F)C(F)(F)C(F)(F)C(F)(F)F)nc2=O)CC1O[Si](C)(C)C(C)(C)C.Cc1cn(C2CC(O)C(CO)O2)c(=O)nc1OCCC(F)(F)C(F)(F)C(F)(F)C(F)(F)C(F)(F)C(F)(F)F. The van der Waals surface area contributed by atoms with Crippen molar-refractivity contribution in [3.8, 4) is 11.8 Å². The molecule has 2 aliphatic heterocycles. The third kappa shape index (κ3) is 13.4. The number of aryl methyl sites for hydroxylation is 2. The van der Waals surface area contributed by atoms with Crippen LogP contribution in [0.25, 0.3) is 0 Å². The number of aliphatic hydroxyl groups is 2. The summed E-state index contributed by atoms with van der Waals surface area (Å²) in [6, 6.07) is 0. The quantitative estimate of drug-likeness (QED) is 0.0854. The standard InChI is InChI=1S/C25H33F13N2O4Si.C18H17F13N2O5/c1-8-14-15(44-45(6,7)19(3,4)5)11-16(43-14)40-12-13(2)17(39-18(40)41)42-10-9-20(26,27)21(28,29)22(30,31)23(32,33)24(34,35)25(36,37)38;1-7-5-33(10-4-8(35)9(6-34)38-10)12(36)32-11(7)37-3-2-13(19,20)14(21,22)15(23,24)16(25,26)17(27,28)18(29,30)31/h12,14-16H,8-11H2,1-7H3;5,8-10,34-35H,2-4,6H2,1H3. The van der Waals surface area contributed by atoms with Crippen LogP contribution in [0.4, 0.5) is 114 Å². The van der Waals surface area contributed by atoms with Crippen LogP contribution in [0.5, 0.6) is 11.8 Å². The molecule has 2 aliphatic rings. The Hall–Kier alpha value is -4.44. The van der Waals surface area contributed by atoms with Crippen molar-refractivity contribution in [3.05, 3.63) is 44.5 Å². The summed E-state index contributed by atoms with van der Waals surface area (Å²) in [6.45, 7) is 10.1. The van der Waals surface area contributed by atoms with Gasteiger partial charge < -0.3 is 33.6 Å². The van der Waals surface area contributed by atoms with E-state index in [2.05, 4.69) is 14.7 Å². The molecule has 0 amide bonds. The predicted molar refractivity (Wildman–Crippen MR) is 231 cm³/mol. The molecule has 4 rings (SSSR count). The normalized spacial score (nSPS) is 21.7. The van der Waals surface area contributed by atoms with E-state index in [4.69, 9.17) is 23.7 Å². The Morgan fingerprint density at radius 1 is 0.554 bits per heavy atom. The summed E-state index contributed by atoms with van der Waals surface area (Å²) in [7, 11) is -2.27. The fraction of sp³-hybridized carbons (Fsp3) is 0.814. The number of hydrogen-bond donors (Lipinski definition) is 2. The van der Waals surface area contributed by atoms with Crippen molar-refractivity contribution in [1.82, 2.24) is 19.1 Å². The summed E-state index contributed by atoms with van der Waals surface area (Å²) >= 11 is 0. The lowest BCUT2D eigenvalue weighted by molar-refractivity contribution is -0.440. The van der Waals surface area contributed by atoms with Gasteiger partial charge in [-0.25, -0.2) is 9.59 Å². The highest BCUT2D eigenvalue weighted by Crippen LogP contribution is 2.62. The van der Waals surface area contributed by atoms with Crippen LogP contribution < -0.4 is 20.9 Å². The average Bonchev–Trinajstić information content (AvgIpc) is 3.00. The molecule has 6 unspecified atom stereocenters. The van der Waals surface area contributed by atoms with Crippen LogP contribution >= 0.6 is 0 Å². The Balaban J connectivity index is 0.000000441. The first-order chi connectivity index (χ1) is 36.9.